The zero-order valence-corrected chi connectivity index (χ0v) is 12.4. The lowest BCUT2D eigenvalue weighted by atomic mass is 10.2. The van der Waals surface area contributed by atoms with Crippen molar-refractivity contribution >= 4 is 29.3 Å². The van der Waals surface area contributed by atoms with E-state index in [2.05, 4.69) is 0 Å². The van der Waals surface area contributed by atoms with Crippen molar-refractivity contribution in [3.63, 3.8) is 0 Å². The fourth-order valence-electron chi connectivity index (χ4n) is 3.01. The van der Waals surface area contributed by atoms with Crippen molar-refractivity contribution in [2.24, 2.45) is 0 Å². The highest BCUT2D eigenvalue weighted by molar-refractivity contribution is 8.00. The highest BCUT2D eigenvalue weighted by Gasteiger charge is 2.43. The Morgan fingerprint density at radius 1 is 1.24 bits per heavy atom. The number of nitrogens with zero attached hydrogens (tertiary/aromatic N) is 1. The molecule has 1 aliphatic heterocycles. The van der Waals surface area contributed by atoms with Crippen LogP contribution in [0.3, 0.4) is 0 Å². The second kappa shape index (κ2) is 5.67. The third-order valence-corrected chi connectivity index (χ3v) is 5.26. The number of carbonyl (C=O) groups excluding carboxylic acids is 2. The summed E-state index contributed by atoms with van der Waals surface area (Å²) < 4.78 is 13.4. The molecule has 4 nitrogen and oxygen atoms in total. The molecule has 112 valence electrons. The van der Waals surface area contributed by atoms with Crippen LogP contribution in [0.1, 0.15) is 32.1 Å². The molecule has 1 saturated heterocycles. The van der Waals surface area contributed by atoms with Crippen molar-refractivity contribution < 1.29 is 14.0 Å². The van der Waals surface area contributed by atoms with Gasteiger partial charge in [-0.2, -0.15) is 0 Å². The number of carbonyl (C=O) groups is 2. The third-order valence-electron chi connectivity index (χ3n) is 4.08. The summed E-state index contributed by atoms with van der Waals surface area (Å²) in [5.41, 5.74) is 5.52. The first-order chi connectivity index (χ1) is 10.1. The Kier molecular flexibility index (Phi) is 3.89. The summed E-state index contributed by atoms with van der Waals surface area (Å²) in [6, 6.07) is 4.54. The Balaban J connectivity index is 1.73. The number of hydrogen-bond acceptors (Lipinski definition) is 4. The number of hydrogen-bond donors (Lipinski definition) is 1. The maximum Gasteiger partial charge on any atom is 0.243 e. The topological polar surface area (TPSA) is 63.4 Å². The molecule has 1 aromatic rings. The first kappa shape index (κ1) is 14.4. The summed E-state index contributed by atoms with van der Waals surface area (Å²) in [6.07, 6.45) is 4.16. The molecule has 1 heterocycles. The fourth-order valence-corrected chi connectivity index (χ4v) is 4.09. The molecule has 2 amide bonds. The molecule has 1 unspecified atom stereocenters. The van der Waals surface area contributed by atoms with E-state index in [1.165, 1.54) is 28.8 Å². The van der Waals surface area contributed by atoms with Crippen LogP contribution in [0, 0.1) is 5.82 Å². The van der Waals surface area contributed by atoms with Gasteiger partial charge in [-0.1, -0.05) is 12.8 Å². The summed E-state index contributed by atoms with van der Waals surface area (Å²) >= 11 is 1.24. The highest BCUT2D eigenvalue weighted by atomic mass is 32.2. The van der Waals surface area contributed by atoms with Gasteiger partial charge in [-0.3, -0.25) is 14.5 Å². The number of nitrogens with two attached hydrogens (primary N) is 1. The zero-order valence-electron chi connectivity index (χ0n) is 11.5. The SMILES string of the molecule is Nc1ccc(SC2CC(=O)N(C3CCCC3)C2=O)cc1F. The van der Waals surface area contributed by atoms with E-state index < -0.39 is 11.1 Å². The number of likely N-dealkylation sites (tertiary alicyclic amines) is 1. The smallest absolute Gasteiger partial charge is 0.243 e. The van der Waals surface area contributed by atoms with Gasteiger partial charge in [-0.05, 0) is 31.0 Å². The van der Waals surface area contributed by atoms with Gasteiger partial charge in [0.1, 0.15) is 5.82 Å². The van der Waals surface area contributed by atoms with E-state index in [1.54, 1.807) is 6.07 Å². The lowest BCUT2D eigenvalue weighted by molar-refractivity contribution is -0.140. The Morgan fingerprint density at radius 3 is 2.62 bits per heavy atom. The zero-order chi connectivity index (χ0) is 15.0. The maximum absolute atomic E-state index is 13.4. The van der Waals surface area contributed by atoms with Crippen LogP contribution < -0.4 is 5.73 Å². The van der Waals surface area contributed by atoms with Crippen LogP contribution in [0.4, 0.5) is 10.1 Å². The molecule has 2 fully saturated rings. The quantitative estimate of drug-likeness (QED) is 0.688. The Labute approximate surface area is 126 Å². The van der Waals surface area contributed by atoms with Crippen LogP contribution in [-0.2, 0) is 9.59 Å². The molecule has 3 rings (SSSR count). The average molecular weight is 308 g/mol. The van der Waals surface area contributed by atoms with Crippen molar-refractivity contribution in [2.45, 2.75) is 48.3 Å². The molecular weight excluding hydrogens is 291 g/mol. The predicted octanol–water partition coefficient (Wildman–Crippen LogP) is 2.57. The fraction of sp³-hybridized carbons (Fsp3) is 0.467. The second-order valence-electron chi connectivity index (χ2n) is 5.53. The molecule has 21 heavy (non-hydrogen) atoms. The number of anilines is 1. The van der Waals surface area contributed by atoms with Gasteiger partial charge in [0.05, 0.1) is 10.9 Å². The normalized spacial score (nSPS) is 23.3. The van der Waals surface area contributed by atoms with Crippen molar-refractivity contribution in [1.29, 1.82) is 0 Å². The molecule has 1 aliphatic carbocycles. The Bertz CT molecular complexity index is 587. The van der Waals surface area contributed by atoms with Crippen LogP contribution in [0.25, 0.3) is 0 Å². The lowest BCUT2D eigenvalue weighted by Crippen LogP contribution is -2.39. The molecule has 6 heteroatoms. The van der Waals surface area contributed by atoms with E-state index in [0.29, 0.717) is 4.90 Å². The van der Waals surface area contributed by atoms with Gasteiger partial charge in [-0.25, -0.2) is 4.39 Å². The monoisotopic (exact) mass is 308 g/mol. The van der Waals surface area contributed by atoms with Crippen LogP contribution in [0.5, 0.6) is 0 Å². The van der Waals surface area contributed by atoms with Gasteiger partial charge >= 0.3 is 0 Å². The number of thioether (sulfide) groups is 1. The molecular formula is C15H17FN2O2S. The number of benzene rings is 1. The number of rotatable bonds is 3. The van der Waals surface area contributed by atoms with Gasteiger partial charge in [0.2, 0.25) is 11.8 Å². The van der Waals surface area contributed by atoms with E-state index >= 15 is 0 Å². The summed E-state index contributed by atoms with van der Waals surface area (Å²) in [5.74, 6) is -0.723. The van der Waals surface area contributed by atoms with Gasteiger partial charge in [0.15, 0.2) is 0 Å². The summed E-state index contributed by atoms with van der Waals surface area (Å²) in [4.78, 5) is 26.6. The van der Waals surface area contributed by atoms with Crippen LogP contribution in [0.2, 0.25) is 0 Å². The average Bonchev–Trinajstić information content (AvgIpc) is 3.04. The van der Waals surface area contributed by atoms with Crippen LogP contribution >= 0.6 is 11.8 Å². The van der Waals surface area contributed by atoms with Crippen molar-refractivity contribution in [3.8, 4) is 0 Å². The predicted molar refractivity (Wildman–Crippen MR) is 79.2 cm³/mol. The standard InChI is InChI=1S/C15H17FN2O2S/c16-11-7-10(5-6-12(11)17)21-13-8-14(19)18(15(13)20)9-3-1-2-4-9/h5-7,9,13H,1-4,8,17H2. The minimum atomic E-state index is -0.496. The second-order valence-corrected chi connectivity index (χ2v) is 6.81. The van der Waals surface area contributed by atoms with Crippen LogP contribution in [-0.4, -0.2) is 28.0 Å². The number of imide groups is 1. The van der Waals surface area contributed by atoms with Crippen molar-refractivity contribution in [3.05, 3.63) is 24.0 Å². The first-order valence-electron chi connectivity index (χ1n) is 7.14. The number of nitrogen functional groups attached to an aromatic ring is 1. The van der Waals surface area contributed by atoms with Gasteiger partial charge < -0.3 is 5.73 Å². The molecule has 0 spiro atoms. The Morgan fingerprint density at radius 2 is 1.95 bits per heavy atom. The van der Waals surface area contributed by atoms with Gasteiger partial charge in [-0.15, -0.1) is 11.8 Å². The van der Waals surface area contributed by atoms with E-state index in [9.17, 15) is 14.0 Å². The van der Waals surface area contributed by atoms with E-state index in [4.69, 9.17) is 5.73 Å². The minimum Gasteiger partial charge on any atom is -0.396 e. The third kappa shape index (κ3) is 2.77. The molecule has 2 aliphatic rings. The molecule has 1 saturated carbocycles. The maximum atomic E-state index is 13.4. The lowest BCUT2D eigenvalue weighted by Gasteiger charge is -2.22. The molecule has 2 N–H and O–H groups in total. The molecule has 1 aromatic carbocycles. The largest absolute Gasteiger partial charge is 0.396 e. The van der Waals surface area contributed by atoms with Gasteiger partial charge in [0, 0.05) is 17.4 Å². The minimum absolute atomic E-state index is 0.0683. The molecule has 0 aromatic heterocycles. The van der Waals surface area contributed by atoms with E-state index in [0.717, 1.165) is 25.7 Å². The molecule has 0 radical (unpaired) electrons. The van der Waals surface area contributed by atoms with E-state index in [-0.39, 0.29) is 30.0 Å². The summed E-state index contributed by atoms with van der Waals surface area (Å²) in [6.45, 7) is 0. The number of amides is 2. The summed E-state index contributed by atoms with van der Waals surface area (Å²) in [5, 5.41) is -0.443. The highest BCUT2D eigenvalue weighted by Crippen LogP contribution is 2.36. The van der Waals surface area contributed by atoms with Crippen molar-refractivity contribution in [2.75, 3.05) is 5.73 Å². The van der Waals surface area contributed by atoms with E-state index in [1.807, 2.05) is 0 Å². The number of halogens is 1. The van der Waals surface area contributed by atoms with Crippen molar-refractivity contribution in [1.82, 2.24) is 4.90 Å². The Hall–Kier alpha value is -1.56. The molecule has 1 atom stereocenters. The summed E-state index contributed by atoms with van der Waals surface area (Å²) in [7, 11) is 0. The van der Waals surface area contributed by atoms with Gasteiger partial charge in [0.25, 0.3) is 0 Å². The van der Waals surface area contributed by atoms with Crippen LogP contribution in [0.15, 0.2) is 23.1 Å². The first-order valence-corrected chi connectivity index (χ1v) is 8.02. The molecule has 0 bridgehead atoms.